The van der Waals surface area contributed by atoms with Crippen molar-refractivity contribution in [2.45, 2.75) is 38.4 Å². The van der Waals surface area contributed by atoms with Gasteiger partial charge in [-0.05, 0) is 48.9 Å². The van der Waals surface area contributed by atoms with Crippen molar-refractivity contribution in [1.82, 2.24) is 0 Å². The van der Waals surface area contributed by atoms with Gasteiger partial charge in [-0.1, -0.05) is 48.0 Å². The monoisotopic (exact) mass is 343 g/mol. The topological polar surface area (TPSA) is 12.0 Å². The summed E-state index contributed by atoms with van der Waals surface area (Å²) in [6.45, 7) is 4.08. The van der Waals surface area contributed by atoms with Crippen LogP contribution in [0.1, 0.15) is 46.2 Å². The first-order valence-corrected chi connectivity index (χ1v) is 8.56. The van der Waals surface area contributed by atoms with Crippen LogP contribution >= 0.6 is 0 Å². The zero-order valence-electron chi connectivity index (χ0n) is 14.2. The molecule has 0 fully saturated rings. The van der Waals surface area contributed by atoms with Gasteiger partial charge in [0.25, 0.3) is 0 Å². The lowest BCUT2D eigenvalue weighted by molar-refractivity contribution is -0.138. The molecule has 25 heavy (non-hydrogen) atoms. The fourth-order valence-corrected chi connectivity index (χ4v) is 4.41. The van der Waals surface area contributed by atoms with E-state index in [0.717, 1.165) is 17.7 Å². The summed E-state index contributed by atoms with van der Waals surface area (Å²) >= 11 is 0. The molecule has 0 saturated carbocycles. The second-order valence-electron chi connectivity index (χ2n) is 7.11. The highest BCUT2D eigenvalue weighted by molar-refractivity contribution is 5.65. The van der Waals surface area contributed by atoms with Crippen molar-refractivity contribution in [3.63, 3.8) is 0 Å². The Labute approximate surface area is 145 Å². The van der Waals surface area contributed by atoms with Gasteiger partial charge in [-0.15, -0.1) is 0 Å². The molecule has 0 bridgehead atoms. The third kappa shape index (κ3) is 2.64. The Morgan fingerprint density at radius 1 is 1.04 bits per heavy atom. The quantitative estimate of drug-likeness (QED) is 0.613. The molecule has 3 atom stereocenters. The molecule has 1 N–H and O–H groups in total. The van der Waals surface area contributed by atoms with Gasteiger partial charge in [0.05, 0.1) is 11.6 Å². The second-order valence-corrected chi connectivity index (χ2v) is 7.11. The molecule has 0 unspecified atom stereocenters. The molecule has 1 aliphatic carbocycles. The van der Waals surface area contributed by atoms with E-state index in [4.69, 9.17) is 0 Å². The third-order valence-electron chi connectivity index (χ3n) is 5.41. The lowest BCUT2D eigenvalue weighted by Gasteiger charge is -2.39. The number of alkyl halides is 3. The van der Waals surface area contributed by atoms with Gasteiger partial charge < -0.3 is 5.32 Å². The van der Waals surface area contributed by atoms with Crippen LogP contribution in [0.3, 0.4) is 0 Å². The van der Waals surface area contributed by atoms with Gasteiger partial charge in [0, 0.05) is 11.6 Å². The average molecular weight is 343 g/mol. The van der Waals surface area contributed by atoms with Gasteiger partial charge in [0.1, 0.15) is 0 Å². The Bertz CT molecular complexity index is 851. The van der Waals surface area contributed by atoms with Gasteiger partial charge in [-0.2, -0.15) is 13.2 Å². The van der Waals surface area contributed by atoms with Crippen LogP contribution in [0.25, 0.3) is 0 Å². The summed E-state index contributed by atoms with van der Waals surface area (Å²) in [5.74, 6) is 0.276. The molecule has 4 heteroatoms. The Hall–Kier alpha value is -2.23. The van der Waals surface area contributed by atoms with Gasteiger partial charge >= 0.3 is 6.18 Å². The molecule has 0 amide bonds. The maximum atomic E-state index is 13.5. The number of aryl methyl sites for hydroxylation is 2. The molecule has 2 aliphatic rings. The van der Waals surface area contributed by atoms with Crippen LogP contribution in [0.15, 0.2) is 48.6 Å². The van der Waals surface area contributed by atoms with Crippen LogP contribution in [0, 0.1) is 19.8 Å². The van der Waals surface area contributed by atoms with Crippen LogP contribution in [-0.2, 0) is 6.18 Å². The number of hydrogen-bond acceptors (Lipinski definition) is 1. The molecule has 2 aromatic rings. The number of nitrogens with one attached hydrogen (secondary N) is 1. The number of anilines is 1. The van der Waals surface area contributed by atoms with E-state index in [2.05, 4.69) is 36.5 Å². The predicted octanol–water partition coefficient (Wildman–Crippen LogP) is 6.15. The molecule has 0 aromatic heterocycles. The minimum Gasteiger partial charge on any atom is -0.377 e. The van der Waals surface area contributed by atoms with E-state index in [1.807, 2.05) is 6.92 Å². The molecule has 2 aromatic carbocycles. The van der Waals surface area contributed by atoms with Crippen molar-refractivity contribution in [3.8, 4) is 0 Å². The van der Waals surface area contributed by atoms with E-state index in [0.29, 0.717) is 5.56 Å². The molecule has 0 spiro atoms. The van der Waals surface area contributed by atoms with Gasteiger partial charge in [-0.25, -0.2) is 0 Å². The van der Waals surface area contributed by atoms with E-state index >= 15 is 0 Å². The zero-order valence-corrected chi connectivity index (χ0v) is 14.2. The first-order valence-electron chi connectivity index (χ1n) is 8.56. The van der Waals surface area contributed by atoms with E-state index in [-0.39, 0.29) is 17.9 Å². The largest absolute Gasteiger partial charge is 0.416 e. The highest BCUT2D eigenvalue weighted by Crippen LogP contribution is 2.52. The number of allylic oxidation sites excluding steroid dienone is 2. The van der Waals surface area contributed by atoms with Gasteiger partial charge in [0.15, 0.2) is 0 Å². The molecule has 130 valence electrons. The summed E-state index contributed by atoms with van der Waals surface area (Å²) in [7, 11) is 0. The standard InChI is InChI=1S/C21H20F3N/c1-12-10-13(2)19-17(11-12)14-7-5-8-15(14)20(25-19)16-6-3-4-9-18(16)21(22,23)24/h3-7,9-11,14-15,20,25H,8H2,1-2H3/t14-,15+,20-/m1/s1. The van der Waals surface area contributed by atoms with Crippen molar-refractivity contribution in [2.75, 3.05) is 5.32 Å². The molecule has 4 rings (SSSR count). The summed E-state index contributed by atoms with van der Waals surface area (Å²) in [4.78, 5) is 0. The molecule has 1 aliphatic heterocycles. The molecule has 1 nitrogen and oxygen atoms in total. The van der Waals surface area contributed by atoms with Crippen LogP contribution < -0.4 is 5.32 Å². The van der Waals surface area contributed by atoms with Crippen molar-refractivity contribution < 1.29 is 13.2 Å². The highest BCUT2D eigenvalue weighted by atomic mass is 19.4. The zero-order chi connectivity index (χ0) is 17.8. The number of fused-ring (bicyclic) bond motifs is 3. The number of hydrogen-bond donors (Lipinski definition) is 1. The second kappa shape index (κ2) is 5.65. The Morgan fingerprint density at radius 2 is 1.80 bits per heavy atom. The summed E-state index contributed by atoms with van der Waals surface area (Å²) in [5.41, 5.74) is 4.28. The SMILES string of the molecule is Cc1cc(C)c2c(c1)[C@@H]1C=CC[C@@H]1[C@H](c1ccccc1C(F)(F)F)N2. The normalized spacial score (nSPS) is 24.6. The lowest BCUT2D eigenvalue weighted by Crippen LogP contribution is -2.31. The van der Waals surface area contributed by atoms with Crippen molar-refractivity contribution in [1.29, 1.82) is 0 Å². The van der Waals surface area contributed by atoms with Crippen LogP contribution in [-0.4, -0.2) is 0 Å². The molecular formula is C21H20F3N. The van der Waals surface area contributed by atoms with E-state index in [9.17, 15) is 13.2 Å². The highest BCUT2D eigenvalue weighted by Gasteiger charge is 2.42. The summed E-state index contributed by atoms with van der Waals surface area (Å²) in [5, 5.41) is 3.45. The first kappa shape index (κ1) is 16.2. The van der Waals surface area contributed by atoms with Crippen molar-refractivity contribution >= 4 is 5.69 Å². The van der Waals surface area contributed by atoms with Gasteiger partial charge in [-0.3, -0.25) is 0 Å². The van der Waals surface area contributed by atoms with E-state index in [1.54, 1.807) is 12.1 Å². The minimum atomic E-state index is -4.34. The van der Waals surface area contributed by atoms with Crippen LogP contribution in [0.2, 0.25) is 0 Å². The molecule has 0 saturated heterocycles. The van der Waals surface area contributed by atoms with Crippen LogP contribution in [0.4, 0.5) is 18.9 Å². The maximum Gasteiger partial charge on any atom is 0.416 e. The summed E-state index contributed by atoms with van der Waals surface area (Å²) in [6.07, 6.45) is 0.711. The average Bonchev–Trinajstić information content (AvgIpc) is 3.03. The van der Waals surface area contributed by atoms with Crippen LogP contribution in [0.5, 0.6) is 0 Å². The Kier molecular flexibility index (Phi) is 3.67. The number of rotatable bonds is 1. The molecule has 0 radical (unpaired) electrons. The predicted molar refractivity (Wildman–Crippen MR) is 93.7 cm³/mol. The number of halogens is 3. The van der Waals surface area contributed by atoms with E-state index in [1.165, 1.54) is 23.3 Å². The smallest absolute Gasteiger partial charge is 0.377 e. The molecular weight excluding hydrogens is 323 g/mol. The summed E-state index contributed by atoms with van der Waals surface area (Å²) < 4.78 is 40.6. The van der Waals surface area contributed by atoms with Crippen molar-refractivity contribution in [2.24, 2.45) is 5.92 Å². The van der Waals surface area contributed by atoms with Crippen molar-refractivity contribution in [3.05, 3.63) is 76.4 Å². The first-order chi connectivity index (χ1) is 11.9. The molecule has 1 heterocycles. The number of benzene rings is 2. The van der Waals surface area contributed by atoms with E-state index < -0.39 is 11.7 Å². The Balaban J connectivity index is 1.86. The lowest BCUT2D eigenvalue weighted by atomic mass is 9.75. The maximum absolute atomic E-state index is 13.5. The Morgan fingerprint density at radius 3 is 2.56 bits per heavy atom. The fraction of sp³-hybridized carbons (Fsp3) is 0.333. The fourth-order valence-electron chi connectivity index (χ4n) is 4.41. The van der Waals surface area contributed by atoms with Gasteiger partial charge in [0.2, 0.25) is 0 Å². The minimum absolute atomic E-state index is 0.109. The summed E-state index contributed by atoms with van der Waals surface area (Å²) in [6, 6.07) is 9.86. The third-order valence-corrected chi connectivity index (χ3v) is 5.41.